The second-order valence-corrected chi connectivity index (χ2v) is 20.3. The molecule has 0 amide bonds. The zero-order valence-electron chi connectivity index (χ0n) is 45.9. The fourth-order valence-corrected chi connectivity index (χ4v) is 8.81. The van der Waals surface area contributed by atoms with Crippen LogP contribution < -0.4 is 0 Å². The fourth-order valence-electron chi connectivity index (χ4n) is 8.81. The molecule has 5 nitrogen and oxygen atoms in total. The molecular formula is C63H116O5. The predicted octanol–water partition coefficient (Wildman–Crippen LogP) is 20.7. The van der Waals surface area contributed by atoms with Gasteiger partial charge in [0.05, 0.1) is 6.61 Å². The minimum Gasteiger partial charge on any atom is -0.462 e. The molecule has 0 aliphatic carbocycles. The zero-order valence-corrected chi connectivity index (χ0v) is 45.9. The van der Waals surface area contributed by atoms with Crippen molar-refractivity contribution >= 4 is 11.9 Å². The molecule has 0 aliphatic rings. The first-order valence-electron chi connectivity index (χ1n) is 30.2. The van der Waals surface area contributed by atoms with Crippen molar-refractivity contribution in [3.8, 4) is 0 Å². The van der Waals surface area contributed by atoms with E-state index < -0.39 is 6.10 Å². The van der Waals surface area contributed by atoms with E-state index in [0.717, 1.165) is 64.2 Å². The smallest absolute Gasteiger partial charge is 0.306 e. The number of carbonyl (C=O) groups excluding carboxylic acids is 2. The standard InChI is InChI=1S/C63H116O5/c1-4-7-10-13-16-19-22-25-28-30-31-32-34-37-40-43-46-49-52-55-58-66-59-61(68-63(65)57-54-51-48-45-42-39-35-27-24-21-18-15-12-9-6-3)60-67-62(64)56-53-50-47-44-41-38-36-33-29-26-23-20-17-14-11-8-5-2/h16,18-19,21,25,27-28,35,61H,4-15,17,20,22-24,26,29-34,36-60H2,1-3H3/b19-16-,21-18-,28-25-,35-27-. The van der Waals surface area contributed by atoms with Gasteiger partial charge in [0, 0.05) is 19.4 Å². The first kappa shape index (κ1) is 65.9. The second kappa shape index (κ2) is 59.2. The molecule has 0 heterocycles. The van der Waals surface area contributed by atoms with Gasteiger partial charge in [0.15, 0.2) is 6.10 Å². The molecule has 1 atom stereocenters. The van der Waals surface area contributed by atoms with Crippen molar-refractivity contribution in [1.82, 2.24) is 0 Å². The van der Waals surface area contributed by atoms with Gasteiger partial charge >= 0.3 is 11.9 Å². The molecule has 0 saturated heterocycles. The fraction of sp³-hybridized carbons (Fsp3) is 0.841. The van der Waals surface area contributed by atoms with E-state index in [-0.39, 0.29) is 25.2 Å². The first-order chi connectivity index (χ1) is 33.6. The van der Waals surface area contributed by atoms with Gasteiger partial charge in [-0.25, -0.2) is 0 Å². The number of unbranched alkanes of at least 4 members (excludes halogenated alkanes) is 37. The molecule has 5 heteroatoms. The van der Waals surface area contributed by atoms with Crippen molar-refractivity contribution in [2.24, 2.45) is 0 Å². The third-order valence-corrected chi connectivity index (χ3v) is 13.3. The Morgan fingerprint density at radius 1 is 0.324 bits per heavy atom. The Hall–Kier alpha value is -2.14. The van der Waals surface area contributed by atoms with Crippen LogP contribution in [0.2, 0.25) is 0 Å². The van der Waals surface area contributed by atoms with E-state index in [1.54, 1.807) is 0 Å². The first-order valence-corrected chi connectivity index (χ1v) is 30.2. The summed E-state index contributed by atoms with van der Waals surface area (Å²) in [7, 11) is 0. The lowest BCUT2D eigenvalue weighted by molar-refractivity contribution is -0.163. The summed E-state index contributed by atoms with van der Waals surface area (Å²) in [4.78, 5) is 25.5. The largest absolute Gasteiger partial charge is 0.462 e. The molecule has 0 aromatic rings. The van der Waals surface area contributed by atoms with E-state index in [2.05, 4.69) is 69.4 Å². The number of hydrogen-bond donors (Lipinski definition) is 0. The van der Waals surface area contributed by atoms with Crippen molar-refractivity contribution in [1.29, 1.82) is 0 Å². The number of carbonyl (C=O) groups is 2. The van der Waals surface area contributed by atoms with Crippen molar-refractivity contribution in [2.75, 3.05) is 19.8 Å². The number of allylic oxidation sites excluding steroid dienone is 8. The van der Waals surface area contributed by atoms with Gasteiger partial charge in [-0.3, -0.25) is 9.59 Å². The third-order valence-electron chi connectivity index (χ3n) is 13.3. The summed E-state index contributed by atoms with van der Waals surface area (Å²) in [5, 5.41) is 0. The van der Waals surface area contributed by atoms with Crippen LogP contribution >= 0.6 is 0 Å². The Morgan fingerprint density at radius 2 is 0.618 bits per heavy atom. The topological polar surface area (TPSA) is 61.8 Å². The highest BCUT2D eigenvalue weighted by Gasteiger charge is 2.17. The molecule has 0 radical (unpaired) electrons. The Labute approximate surface area is 424 Å². The van der Waals surface area contributed by atoms with Crippen LogP contribution in [0.1, 0.15) is 316 Å². The van der Waals surface area contributed by atoms with Gasteiger partial charge in [0.1, 0.15) is 6.61 Å². The van der Waals surface area contributed by atoms with Crippen molar-refractivity contribution in [3.63, 3.8) is 0 Å². The molecular weight excluding hydrogens is 837 g/mol. The van der Waals surface area contributed by atoms with Crippen LogP contribution in [0.15, 0.2) is 48.6 Å². The van der Waals surface area contributed by atoms with E-state index in [1.807, 2.05) is 0 Å². The molecule has 0 aliphatic heterocycles. The highest BCUT2D eigenvalue weighted by atomic mass is 16.6. The average molecular weight is 954 g/mol. The molecule has 398 valence electrons. The molecule has 0 aromatic heterocycles. The highest BCUT2D eigenvalue weighted by Crippen LogP contribution is 2.16. The highest BCUT2D eigenvalue weighted by molar-refractivity contribution is 5.70. The van der Waals surface area contributed by atoms with Crippen LogP contribution in [0.3, 0.4) is 0 Å². The molecule has 0 fully saturated rings. The van der Waals surface area contributed by atoms with Crippen LogP contribution in [0.4, 0.5) is 0 Å². The molecule has 0 bridgehead atoms. The summed E-state index contributed by atoms with van der Waals surface area (Å²) in [6, 6.07) is 0. The molecule has 0 spiro atoms. The Morgan fingerprint density at radius 3 is 1.00 bits per heavy atom. The van der Waals surface area contributed by atoms with Crippen LogP contribution in [0, 0.1) is 0 Å². The number of rotatable bonds is 56. The molecule has 0 aromatic carbocycles. The maximum absolute atomic E-state index is 12.9. The van der Waals surface area contributed by atoms with E-state index >= 15 is 0 Å². The SMILES string of the molecule is CCCCC/C=C\C/C=C\CCCCCCCCCCCCOCC(COC(=O)CCCCCCCCCCCCCCCCCCC)OC(=O)CCCCCCC/C=C\C/C=C\CCCCC. The van der Waals surface area contributed by atoms with Crippen molar-refractivity contribution < 1.29 is 23.8 Å². The molecule has 0 N–H and O–H groups in total. The van der Waals surface area contributed by atoms with Gasteiger partial charge in [-0.1, -0.05) is 268 Å². The van der Waals surface area contributed by atoms with Gasteiger partial charge in [0.2, 0.25) is 0 Å². The number of hydrogen-bond acceptors (Lipinski definition) is 5. The summed E-state index contributed by atoms with van der Waals surface area (Å²) in [6.45, 7) is 7.81. The summed E-state index contributed by atoms with van der Waals surface area (Å²) in [5.41, 5.74) is 0. The lowest BCUT2D eigenvalue weighted by atomic mass is 10.0. The van der Waals surface area contributed by atoms with Crippen LogP contribution in [-0.2, 0) is 23.8 Å². The Bertz CT molecular complexity index is 1120. The van der Waals surface area contributed by atoms with Gasteiger partial charge in [-0.05, 0) is 83.5 Å². The molecule has 68 heavy (non-hydrogen) atoms. The number of esters is 2. The van der Waals surface area contributed by atoms with Gasteiger partial charge in [0.25, 0.3) is 0 Å². The number of ether oxygens (including phenoxy) is 3. The molecule has 0 rings (SSSR count). The lowest BCUT2D eigenvalue weighted by Gasteiger charge is -2.18. The quantitative estimate of drug-likeness (QED) is 0.0345. The van der Waals surface area contributed by atoms with Crippen molar-refractivity contribution in [3.05, 3.63) is 48.6 Å². The van der Waals surface area contributed by atoms with Crippen LogP contribution in [-0.4, -0.2) is 37.9 Å². The maximum Gasteiger partial charge on any atom is 0.306 e. The van der Waals surface area contributed by atoms with Gasteiger partial charge in [-0.15, -0.1) is 0 Å². The third kappa shape index (κ3) is 56.4. The lowest BCUT2D eigenvalue weighted by Crippen LogP contribution is -2.30. The zero-order chi connectivity index (χ0) is 49.2. The Balaban J connectivity index is 4.25. The summed E-state index contributed by atoms with van der Waals surface area (Å²) < 4.78 is 17.5. The summed E-state index contributed by atoms with van der Waals surface area (Å²) >= 11 is 0. The van der Waals surface area contributed by atoms with Crippen LogP contribution in [0.25, 0.3) is 0 Å². The molecule has 0 saturated carbocycles. The average Bonchev–Trinajstić information content (AvgIpc) is 3.34. The second-order valence-electron chi connectivity index (χ2n) is 20.3. The van der Waals surface area contributed by atoms with Crippen molar-refractivity contribution in [2.45, 2.75) is 322 Å². The summed E-state index contributed by atoms with van der Waals surface area (Å²) in [5.74, 6) is -0.397. The van der Waals surface area contributed by atoms with E-state index in [9.17, 15) is 9.59 Å². The molecule has 1 unspecified atom stereocenters. The van der Waals surface area contributed by atoms with E-state index in [1.165, 1.54) is 218 Å². The monoisotopic (exact) mass is 953 g/mol. The minimum atomic E-state index is -0.543. The maximum atomic E-state index is 12.9. The summed E-state index contributed by atoms with van der Waals surface area (Å²) in [6.07, 6.45) is 74.2. The minimum absolute atomic E-state index is 0.0826. The van der Waals surface area contributed by atoms with E-state index in [4.69, 9.17) is 14.2 Å². The van der Waals surface area contributed by atoms with Gasteiger partial charge in [-0.2, -0.15) is 0 Å². The van der Waals surface area contributed by atoms with E-state index in [0.29, 0.717) is 19.4 Å². The normalized spacial score (nSPS) is 12.5. The van der Waals surface area contributed by atoms with Crippen LogP contribution in [0.5, 0.6) is 0 Å². The predicted molar refractivity (Wildman–Crippen MR) is 298 cm³/mol. The van der Waals surface area contributed by atoms with Gasteiger partial charge < -0.3 is 14.2 Å². The Kier molecular flexibility index (Phi) is 57.3.